The van der Waals surface area contributed by atoms with Crippen LogP contribution >= 0.6 is 22.9 Å². The van der Waals surface area contributed by atoms with Crippen molar-refractivity contribution in [1.82, 2.24) is 4.90 Å². The van der Waals surface area contributed by atoms with Gasteiger partial charge in [-0.1, -0.05) is 17.7 Å². The number of nitrogens with one attached hydrogen (secondary N) is 1. The van der Waals surface area contributed by atoms with Crippen molar-refractivity contribution in [2.75, 3.05) is 23.4 Å². The van der Waals surface area contributed by atoms with Crippen LogP contribution in [0.4, 0.5) is 5.69 Å². The van der Waals surface area contributed by atoms with E-state index in [2.05, 4.69) is 5.32 Å². The Morgan fingerprint density at radius 3 is 2.70 bits per heavy atom. The van der Waals surface area contributed by atoms with E-state index in [1.54, 1.807) is 34.5 Å². The molecule has 1 aromatic carbocycles. The van der Waals surface area contributed by atoms with E-state index in [0.717, 1.165) is 0 Å². The highest BCUT2D eigenvalue weighted by atomic mass is 35.5. The second kappa shape index (κ2) is 8.00. The molecule has 0 aliphatic carbocycles. The van der Waals surface area contributed by atoms with Crippen LogP contribution in [0.2, 0.25) is 5.02 Å². The van der Waals surface area contributed by atoms with Crippen LogP contribution in [0.15, 0.2) is 35.7 Å². The van der Waals surface area contributed by atoms with Gasteiger partial charge in [0.25, 0.3) is 11.8 Å². The Bertz CT molecular complexity index is 958. The number of amides is 2. The summed E-state index contributed by atoms with van der Waals surface area (Å²) in [7, 11) is -3.09. The molecule has 27 heavy (non-hydrogen) atoms. The standard InChI is InChI=1S/C18H19ClN2O4S2/c1-2-21(13-7-9-27(24,25)11-13)18(23)12-5-6-14(19)15(10-12)20-17(22)16-4-3-8-26-16/h3-6,8,10,13H,2,7,9,11H2,1H3,(H,20,22). The van der Waals surface area contributed by atoms with Crippen LogP contribution in [0.1, 0.15) is 33.4 Å². The molecule has 0 bridgehead atoms. The molecule has 1 fully saturated rings. The highest BCUT2D eigenvalue weighted by Crippen LogP contribution is 2.26. The Hall–Kier alpha value is -1.90. The quantitative estimate of drug-likeness (QED) is 0.795. The number of hydrogen-bond acceptors (Lipinski definition) is 5. The third kappa shape index (κ3) is 4.51. The summed E-state index contributed by atoms with van der Waals surface area (Å²) in [5.41, 5.74) is 0.697. The lowest BCUT2D eigenvalue weighted by molar-refractivity contribution is 0.0708. The number of anilines is 1. The molecule has 2 aromatic rings. The van der Waals surface area contributed by atoms with Gasteiger partial charge in [-0.05, 0) is 43.0 Å². The Labute approximate surface area is 167 Å². The van der Waals surface area contributed by atoms with Gasteiger partial charge in [-0.3, -0.25) is 9.59 Å². The first-order valence-corrected chi connectivity index (χ1v) is 11.5. The molecule has 144 valence electrons. The zero-order valence-electron chi connectivity index (χ0n) is 14.6. The predicted octanol–water partition coefficient (Wildman–Crippen LogP) is 3.30. The number of sulfone groups is 1. The molecule has 6 nitrogen and oxygen atoms in total. The molecular weight excluding hydrogens is 408 g/mol. The van der Waals surface area contributed by atoms with Crippen molar-refractivity contribution >= 4 is 50.3 Å². The molecule has 9 heteroatoms. The van der Waals surface area contributed by atoms with Gasteiger partial charge in [-0.2, -0.15) is 0 Å². The Morgan fingerprint density at radius 1 is 1.33 bits per heavy atom. The summed E-state index contributed by atoms with van der Waals surface area (Å²) in [4.78, 5) is 27.3. The smallest absolute Gasteiger partial charge is 0.265 e. The SMILES string of the molecule is CCN(C(=O)c1ccc(Cl)c(NC(=O)c2cccs2)c1)C1CCS(=O)(=O)C1. The van der Waals surface area contributed by atoms with Gasteiger partial charge in [0.05, 0.1) is 27.1 Å². The monoisotopic (exact) mass is 426 g/mol. The van der Waals surface area contributed by atoms with Crippen molar-refractivity contribution in [2.45, 2.75) is 19.4 Å². The summed E-state index contributed by atoms with van der Waals surface area (Å²) in [5, 5.41) is 4.84. The van der Waals surface area contributed by atoms with Crippen LogP contribution in [0.25, 0.3) is 0 Å². The second-order valence-electron chi connectivity index (χ2n) is 6.27. The number of carbonyl (C=O) groups excluding carboxylic acids is 2. The van der Waals surface area contributed by atoms with Gasteiger partial charge in [0.2, 0.25) is 0 Å². The summed E-state index contributed by atoms with van der Waals surface area (Å²) in [6.07, 6.45) is 0.442. The molecule has 0 radical (unpaired) electrons. The summed E-state index contributed by atoms with van der Waals surface area (Å²) < 4.78 is 23.5. The molecular formula is C18H19ClN2O4S2. The van der Waals surface area contributed by atoms with E-state index in [1.165, 1.54) is 17.4 Å². The molecule has 1 unspecified atom stereocenters. The highest BCUT2D eigenvalue weighted by Gasteiger charge is 2.34. The summed E-state index contributed by atoms with van der Waals surface area (Å²) in [6.45, 7) is 2.22. The van der Waals surface area contributed by atoms with Crippen LogP contribution in [0, 0.1) is 0 Å². The van der Waals surface area contributed by atoms with Gasteiger partial charge in [0.1, 0.15) is 0 Å². The number of nitrogens with zero attached hydrogens (tertiary/aromatic N) is 1. The lowest BCUT2D eigenvalue weighted by Gasteiger charge is -2.27. The fraction of sp³-hybridized carbons (Fsp3) is 0.333. The van der Waals surface area contributed by atoms with Crippen LogP contribution < -0.4 is 5.32 Å². The fourth-order valence-electron chi connectivity index (χ4n) is 3.10. The Morgan fingerprint density at radius 2 is 2.11 bits per heavy atom. The Balaban J connectivity index is 1.81. The molecule has 1 N–H and O–H groups in total. The molecule has 1 atom stereocenters. The van der Waals surface area contributed by atoms with Crippen molar-refractivity contribution in [2.24, 2.45) is 0 Å². The van der Waals surface area contributed by atoms with Crippen molar-refractivity contribution in [3.63, 3.8) is 0 Å². The zero-order chi connectivity index (χ0) is 19.6. The van der Waals surface area contributed by atoms with Crippen molar-refractivity contribution in [3.8, 4) is 0 Å². The second-order valence-corrected chi connectivity index (χ2v) is 9.86. The number of hydrogen-bond donors (Lipinski definition) is 1. The van der Waals surface area contributed by atoms with Gasteiger partial charge in [0.15, 0.2) is 9.84 Å². The van der Waals surface area contributed by atoms with Crippen molar-refractivity contribution < 1.29 is 18.0 Å². The van der Waals surface area contributed by atoms with Gasteiger partial charge in [-0.25, -0.2) is 8.42 Å². The van der Waals surface area contributed by atoms with Crippen LogP contribution in [0.5, 0.6) is 0 Å². The van der Waals surface area contributed by atoms with E-state index in [0.29, 0.717) is 34.1 Å². The summed E-state index contributed by atoms with van der Waals surface area (Å²) in [5.74, 6) is -0.486. The summed E-state index contributed by atoms with van der Waals surface area (Å²) >= 11 is 7.47. The minimum atomic E-state index is -3.09. The van der Waals surface area contributed by atoms with Crippen LogP contribution in [0.3, 0.4) is 0 Å². The van der Waals surface area contributed by atoms with E-state index in [9.17, 15) is 18.0 Å². The number of thiophene rings is 1. The lowest BCUT2D eigenvalue weighted by Crippen LogP contribution is -2.41. The minimum Gasteiger partial charge on any atom is -0.335 e. The largest absolute Gasteiger partial charge is 0.335 e. The van der Waals surface area contributed by atoms with E-state index in [-0.39, 0.29) is 29.4 Å². The molecule has 1 aliphatic heterocycles. The van der Waals surface area contributed by atoms with Gasteiger partial charge in [0, 0.05) is 18.2 Å². The molecule has 0 saturated carbocycles. The fourth-order valence-corrected chi connectivity index (χ4v) is 5.61. The summed E-state index contributed by atoms with van der Waals surface area (Å²) in [6, 6.07) is 7.81. The topological polar surface area (TPSA) is 83.6 Å². The minimum absolute atomic E-state index is 0.0118. The van der Waals surface area contributed by atoms with E-state index >= 15 is 0 Å². The molecule has 1 aromatic heterocycles. The van der Waals surface area contributed by atoms with E-state index < -0.39 is 9.84 Å². The highest BCUT2D eigenvalue weighted by molar-refractivity contribution is 7.91. The molecule has 2 heterocycles. The lowest BCUT2D eigenvalue weighted by atomic mass is 10.1. The number of halogens is 1. The maximum absolute atomic E-state index is 12.9. The predicted molar refractivity (Wildman–Crippen MR) is 107 cm³/mol. The molecule has 3 rings (SSSR count). The average molecular weight is 427 g/mol. The molecule has 0 spiro atoms. The van der Waals surface area contributed by atoms with Gasteiger partial charge in [-0.15, -0.1) is 11.3 Å². The zero-order valence-corrected chi connectivity index (χ0v) is 17.0. The first-order valence-electron chi connectivity index (χ1n) is 8.46. The number of carbonyl (C=O) groups is 2. The van der Waals surface area contributed by atoms with Gasteiger partial charge >= 0.3 is 0 Å². The molecule has 1 aliphatic rings. The first-order chi connectivity index (χ1) is 12.8. The third-order valence-electron chi connectivity index (χ3n) is 4.46. The van der Waals surface area contributed by atoms with Crippen LogP contribution in [-0.2, 0) is 9.84 Å². The maximum atomic E-state index is 12.9. The molecule has 1 saturated heterocycles. The average Bonchev–Trinajstić information content (AvgIpc) is 3.27. The normalized spacial score (nSPS) is 18.2. The Kier molecular flexibility index (Phi) is 5.88. The van der Waals surface area contributed by atoms with Crippen molar-refractivity contribution in [3.05, 3.63) is 51.2 Å². The van der Waals surface area contributed by atoms with Gasteiger partial charge < -0.3 is 10.2 Å². The van der Waals surface area contributed by atoms with E-state index in [1.807, 2.05) is 6.92 Å². The van der Waals surface area contributed by atoms with Crippen LogP contribution in [-0.4, -0.2) is 49.2 Å². The maximum Gasteiger partial charge on any atom is 0.265 e. The van der Waals surface area contributed by atoms with Crippen molar-refractivity contribution in [1.29, 1.82) is 0 Å². The molecule has 2 amide bonds. The number of rotatable bonds is 5. The third-order valence-corrected chi connectivity index (χ3v) is 7.41. The van der Waals surface area contributed by atoms with E-state index in [4.69, 9.17) is 11.6 Å². The number of benzene rings is 1. The first kappa shape index (κ1) is 19.9.